The van der Waals surface area contributed by atoms with Gasteiger partial charge in [0.1, 0.15) is 5.82 Å². The first-order valence-corrected chi connectivity index (χ1v) is 7.23. The van der Waals surface area contributed by atoms with Gasteiger partial charge in [0.05, 0.1) is 11.0 Å². The van der Waals surface area contributed by atoms with Crippen molar-refractivity contribution < 1.29 is 4.74 Å². The van der Waals surface area contributed by atoms with E-state index in [0.29, 0.717) is 11.9 Å². The van der Waals surface area contributed by atoms with Gasteiger partial charge in [-0.05, 0) is 38.0 Å². The van der Waals surface area contributed by atoms with Gasteiger partial charge in [0, 0.05) is 32.1 Å². The minimum atomic E-state index is 0.366. The number of aryl methyl sites for hydroxylation is 2. The van der Waals surface area contributed by atoms with Gasteiger partial charge in [0.2, 0.25) is 0 Å². The Kier molecular flexibility index (Phi) is 4.83. The summed E-state index contributed by atoms with van der Waals surface area (Å²) in [5.74, 6) is 1.67. The van der Waals surface area contributed by atoms with E-state index in [0.717, 1.165) is 30.8 Å². The molecule has 4 heteroatoms. The molecule has 104 valence electrons. The Morgan fingerprint density at radius 2 is 2.21 bits per heavy atom. The van der Waals surface area contributed by atoms with Crippen molar-refractivity contribution in [3.8, 4) is 0 Å². The SMILES string of the molecule is COCCC(C)n1c(CCCl)nc2ccc(C)cc21. The molecule has 1 unspecified atom stereocenters. The Morgan fingerprint density at radius 3 is 2.89 bits per heavy atom. The highest BCUT2D eigenvalue weighted by Crippen LogP contribution is 2.24. The van der Waals surface area contributed by atoms with Crippen LogP contribution in [0.3, 0.4) is 0 Å². The molecular weight excluding hydrogens is 260 g/mol. The van der Waals surface area contributed by atoms with E-state index in [2.05, 4.69) is 36.6 Å². The fraction of sp³-hybridized carbons (Fsp3) is 0.533. The summed E-state index contributed by atoms with van der Waals surface area (Å²) in [5.41, 5.74) is 3.50. The fourth-order valence-electron chi connectivity index (χ4n) is 2.42. The van der Waals surface area contributed by atoms with Crippen LogP contribution in [0.4, 0.5) is 0 Å². The Morgan fingerprint density at radius 1 is 1.42 bits per heavy atom. The lowest BCUT2D eigenvalue weighted by Gasteiger charge is -2.17. The number of methoxy groups -OCH3 is 1. The highest BCUT2D eigenvalue weighted by Gasteiger charge is 2.15. The summed E-state index contributed by atoms with van der Waals surface area (Å²) in [6.07, 6.45) is 1.78. The molecule has 0 bridgehead atoms. The smallest absolute Gasteiger partial charge is 0.111 e. The summed E-state index contributed by atoms with van der Waals surface area (Å²) in [4.78, 5) is 4.71. The van der Waals surface area contributed by atoms with Gasteiger partial charge < -0.3 is 9.30 Å². The molecule has 1 atom stereocenters. The molecule has 2 aromatic rings. The zero-order chi connectivity index (χ0) is 13.8. The maximum absolute atomic E-state index is 5.90. The highest BCUT2D eigenvalue weighted by molar-refractivity contribution is 6.17. The number of hydrogen-bond acceptors (Lipinski definition) is 2. The summed E-state index contributed by atoms with van der Waals surface area (Å²) >= 11 is 5.90. The lowest BCUT2D eigenvalue weighted by molar-refractivity contribution is 0.181. The van der Waals surface area contributed by atoms with E-state index in [1.807, 2.05) is 0 Å². The number of alkyl halides is 1. The number of aromatic nitrogens is 2. The van der Waals surface area contributed by atoms with E-state index in [1.165, 1.54) is 11.1 Å². The zero-order valence-corrected chi connectivity index (χ0v) is 12.6. The van der Waals surface area contributed by atoms with Crippen molar-refractivity contribution >= 4 is 22.6 Å². The number of benzene rings is 1. The number of fused-ring (bicyclic) bond motifs is 1. The van der Waals surface area contributed by atoms with Crippen molar-refractivity contribution in [1.29, 1.82) is 0 Å². The van der Waals surface area contributed by atoms with Gasteiger partial charge in [-0.25, -0.2) is 4.98 Å². The van der Waals surface area contributed by atoms with Gasteiger partial charge >= 0.3 is 0 Å². The topological polar surface area (TPSA) is 27.1 Å². The van der Waals surface area contributed by atoms with E-state index in [9.17, 15) is 0 Å². The maximum Gasteiger partial charge on any atom is 0.111 e. The van der Waals surface area contributed by atoms with Crippen LogP contribution in [-0.2, 0) is 11.2 Å². The normalized spacial score (nSPS) is 13.1. The van der Waals surface area contributed by atoms with Crippen molar-refractivity contribution in [1.82, 2.24) is 9.55 Å². The monoisotopic (exact) mass is 280 g/mol. The van der Waals surface area contributed by atoms with E-state index in [-0.39, 0.29) is 0 Å². The average Bonchev–Trinajstić information content (AvgIpc) is 2.73. The van der Waals surface area contributed by atoms with Crippen molar-refractivity contribution in [3.63, 3.8) is 0 Å². The standard InChI is InChI=1S/C15H21ClN2O/c1-11-4-5-13-14(10-11)18(12(2)7-9-19-3)15(17-13)6-8-16/h4-5,10,12H,6-9H2,1-3H3. The van der Waals surface area contributed by atoms with E-state index >= 15 is 0 Å². The number of imidazole rings is 1. The number of nitrogens with zero attached hydrogens (tertiary/aromatic N) is 2. The molecule has 1 aromatic heterocycles. The summed E-state index contributed by atoms with van der Waals surface area (Å²) in [6, 6.07) is 6.75. The van der Waals surface area contributed by atoms with Crippen LogP contribution >= 0.6 is 11.6 Å². The van der Waals surface area contributed by atoms with Gasteiger partial charge in [-0.3, -0.25) is 0 Å². The first kappa shape index (κ1) is 14.4. The minimum absolute atomic E-state index is 0.366. The van der Waals surface area contributed by atoms with Gasteiger partial charge in [0.15, 0.2) is 0 Å². The molecular formula is C15H21ClN2O. The van der Waals surface area contributed by atoms with Gasteiger partial charge in [-0.15, -0.1) is 11.6 Å². The Balaban J connectivity index is 2.46. The first-order chi connectivity index (χ1) is 9.17. The molecule has 0 radical (unpaired) electrons. The van der Waals surface area contributed by atoms with Crippen LogP contribution in [0.15, 0.2) is 18.2 Å². The quantitative estimate of drug-likeness (QED) is 0.754. The summed E-state index contributed by atoms with van der Waals surface area (Å²) in [5, 5.41) is 0. The molecule has 1 aromatic carbocycles. The molecule has 0 fully saturated rings. The predicted molar refractivity (Wildman–Crippen MR) is 80.1 cm³/mol. The Labute approximate surface area is 119 Å². The first-order valence-electron chi connectivity index (χ1n) is 6.69. The summed E-state index contributed by atoms with van der Waals surface area (Å²) in [7, 11) is 1.74. The molecule has 1 heterocycles. The predicted octanol–water partition coefficient (Wildman–Crippen LogP) is 3.72. The minimum Gasteiger partial charge on any atom is -0.385 e. The van der Waals surface area contributed by atoms with Gasteiger partial charge in [-0.1, -0.05) is 6.07 Å². The third-order valence-corrected chi connectivity index (χ3v) is 3.61. The van der Waals surface area contributed by atoms with Gasteiger partial charge in [0.25, 0.3) is 0 Å². The Bertz CT molecular complexity index is 550. The van der Waals surface area contributed by atoms with Crippen LogP contribution in [0.5, 0.6) is 0 Å². The lowest BCUT2D eigenvalue weighted by Crippen LogP contribution is -2.12. The van der Waals surface area contributed by atoms with Crippen LogP contribution in [0, 0.1) is 6.92 Å². The third kappa shape index (κ3) is 3.10. The highest BCUT2D eigenvalue weighted by atomic mass is 35.5. The van der Waals surface area contributed by atoms with Gasteiger partial charge in [-0.2, -0.15) is 0 Å². The average molecular weight is 281 g/mol. The van der Waals surface area contributed by atoms with Crippen LogP contribution in [0.25, 0.3) is 11.0 Å². The van der Waals surface area contributed by atoms with Crippen LogP contribution in [-0.4, -0.2) is 29.1 Å². The van der Waals surface area contributed by atoms with Crippen molar-refractivity contribution in [2.24, 2.45) is 0 Å². The number of ether oxygens (including phenoxy) is 1. The summed E-state index contributed by atoms with van der Waals surface area (Å²) < 4.78 is 7.50. The second kappa shape index (κ2) is 6.40. The summed E-state index contributed by atoms with van der Waals surface area (Å²) in [6.45, 7) is 5.07. The maximum atomic E-state index is 5.90. The zero-order valence-electron chi connectivity index (χ0n) is 11.8. The molecule has 0 aliphatic heterocycles. The van der Waals surface area contributed by atoms with Crippen molar-refractivity contribution in [2.75, 3.05) is 19.6 Å². The van der Waals surface area contributed by atoms with E-state index in [1.54, 1.807) is 7.11 Å². The third-order valence-electron chi connectivity index (χ3n) is 3.42. The molecule has 0 saturated carbocycles. The molecule has 0 amide bonds. The van der Waals surface area contributed by atoms with E-state index < -0.39 is 0 Å². The molecule has 0 spiro atoms. The molecule has 3 nitrogen and oxygen atoms in total. The second-order valence-corrected chi connectivity index (χ2v) is 5.34. The molecule has 2 rings (SSSR count). The fourth-order valence-corrected chi connectivity index (χ4v) is 2.59. The number of hydrogen-bond donors (Lipinski definition) is 0. The van der Waals surface area contributed by atoms with Crippen LogP contribution in [0.2, 0.25) is 0 Å². The van der Waals surface area contributed by atoms with Crippen molar-refractivity contribution in [2.45, 2.75) is 32.7 Å². The van der Waals surface area contributed by atoms with E-state index in [4.69, 9.17) is 21.3 Å². The molecule has 0 N–H and O–H groups in total. The van der Waals surface area contributed by atoms with Crippen LogP contribution in [0.1, 0.15) is 30.8 Å². The second-order valence-electron chi connectivity index (χ2n) is 4.96. The largest absolute Gasteiger partial charge is 0.385 e. The Hall–Kier alpha value is -1.06. The molecule has 19 heavy (non-hydrogen) atoms. The number of rotatable bonds is 6. The lowest BCUT2D eigenvalue weighted by atomic mass is 10.2. The molecule has 0 aliphatic carbocycles. The number of halogens is 1. The van der Waals surface area contributed by atoms with Crippen molar-refractivity contribution in [3.05, 3.63) is 29.6 Å². The molecule has 0 saturated heterocycles. The van der Waals surface area contributed by atoms with Crippen LogP contribution < -0.4 is 0 Å². The molecule has 0 aliphatic rings.